The number of pyridine rings is 2. The van der Waals surface area contributed by atoms with Gasteiger partial charge in [-0.3, -0.25) is 9.55 Å². The van der Waals surface area contributed by atoms with Crippen LogP contribution in [0.4, 0.5) is 0 Å². The van der Waals surface area contributed by atoms with Crippen molar-refractivity contribution in [1.29, 1.82) is 0 Å². The fraction of sp³-hybridized carbons (Fsp3) is 0.125. The topological polar surface area (TPSA) is 35.6 Å². The summed E-state index contributed by atoms with van der Waals surface area (Å²) < 4.78 is 4.74. The molecule has 4 aromatic carbocycles. The molecule has 0 spiro atoms. The van der Waals surface area contributed by atoms with Crippen LogP contribution < -0.4 is 0 Å². The van der Waals surface area contributed by atoms with Crippen molar-refractivity contribution in [2.45, 2.75) is 31.6 Å². The molecular formula is C48H36N4. The molecule has 0 amide bonds. The summed E-state index contributed by atoms with van der Waals surface area (Å²) in [5.41, 5.74) is 17.2. The van der Waals surface area contributed by atoms with Gasteiger partial charge in [0.25, 0.3) is 0 Å². The summed E-state index contributed by atoms with van der Waals surface area (Å²) in [7, 11) is 0. The zero-order valence-electron chi connectivity index (χ0n) is 29.0. The summed E-state index contributed by atoms with van der Waals surface area (Å²) in [4.78, 5) is 9.53. The largest absolute Gasteiger partial charge is 0.310 e. The van der Waals surface area contributed by atoms with Crippen LogP contribution in [0.25, 0.3) is 56.0 Å². The second kappa shape index (κ2) is 11.1. The summed E-state index contributed by atoms with van der Waals surface area (Å²) in [5, 5.41) is 2.47. The minimum absolute atomic E-state index is 0.425. The van der Waals surface area contributed by atoms with Crippen LogP contribution in [-0.4, -0.2) is 19.1 Å². The number of aryl methyl sites for hydroxylation is 1. The molecule has 0 fully saturated rings. The summed E-state index contributed by atoms with van der Waals surface area (Å²) in [6.45, 7) is 2.35. The van der Waals surface area contributed by atoms with Crippen LogP contribution >= 0.6 is 0 Å². The van der Waals surface area contributed by atoms with Crippen LogP contribution in [0, 0.1) is 5.92 Å². The third-order valence-electron chi connectivity index (χ3n) is 11.7. The fourth-order valence-corrected chi connectivity index (χ4v) is 9.66. The first-order chi connectivity index (χ1) is 25.7. The van der Waals surface area contributed by atoms with E-state index >= 15 is 0 Å². The lowest BCUT2D eigenvalue weighted by atomic mass is 9.65. The molecule has 1 unspecified atom stereocenters. The smallest absolute Gasteiger partial charge is 0.147 e. The highest BCUT2D eigenvalue weighted by atomic mass is 15.1. The van der Waals surface area contributed by atoms with Crippen molar-refractivity contribution in [1.82, 2.24) is 19.1 Å². The third-order valence-corrected chi connectivity index (χ3v) is 11.7. The number of fused-ring (bicyclic) bond motifs is 9. The fourth-order valence-electron chi connectivity index (χ4n) is 9.66. The van der Waals surface area contributed by atoms with Gasteiger partial charge in [0.2, 0.25) is 0 Å². The van der Waals surface area contributed by atoms with Crippen molar-refractivity contribution in [3.05, 3.63) is 191 Å². The number of hydrogen-bond donors (Lipinski definition) is 0. The maximum atomic E-state index is 4.80. The van der Waals surface area contributed by atoms with E-state index in [1.165, 1.54) is 55.6 Å². The molecule has 4 heterocycles. The number of aromatic nitrogens is 4. The van der Waals surface area contributed by atoms with Crippen molar-refractivity contribution in [3.63, 3.8) is 0 Å². The molecule has 4 nitrogen and oxygen atoms in total. The lowest BCUT2D eigenvalue weighted by Crippen LogP contribution is -2.30. The van der Waals surface area contributed by atoms with Gasteiger partial charge in [-0.05, 0) is 125 Å². The minimum atomic E-state index is -0.425. The molecule has 1 atom stereocenters. The molecule has 3 aliphatic carbocycles. The second-order valence-electron chi connectivity index (χ2n) is 14.5. The number of allylic oxidation sites excluding steroid dienone is 5. The Balaban J connectivity index is 1.18. The Morgan fingerprint density at radius 1 is 0.673 bits per heavy atom. The summed E-state index contributed by atoms with van der Waals surface area (Å²) >= 11 is 0. The van der Waals surface area contributed by atoms with Crippen LogP contribution in [0.3, 0.4) is 0 Å². The average molecular weight is 669 g/mol. The predicted octanol–water partition coefficient (Wildman–Crippen LogP) is 11.2. The molecule has 52 heavy (non-hydrogen) atoms. The van der Waals surface area contributed by atoms with Gasteiger partial charge in [-0.1, -0.05) is 91.9 Å². The van der Waals surface area contributed by atoms with Crippen LogP contribution in [0.5, 0.6) is 0 Å². The van der Waals surface area contributed by atoms with E-state index in [4.69, 9.17) is 9.97 Å². The van der Waals surface area contributed by atoms with Gasteiger partial charge in [0.15, 0.2) is 0 Å². The Labute approximate surface area is 302 Å². The van der Waals surface area contributed by atoms with E-state index in [2.05, 4.69) is 150 Å². The zero-order valence-corrected chi connectivity index (χ0v) is 29.0. The van der Waals surface area contributed by atoms with Crippen molar-refractivity contribution in [2.75, 3.05) is 0 Å². The molecular weight excluding hydrogens is 633 g/mol. The van der Waals surface area contributed by atoms with E-state index in [1.807, 2.05) is 24.5 Å². The van der Waals surface area contributed by atoms with E-state index in [-0.39, 0.29) is 0 Å². The molecule has 248 valence electrons. The number of benzene rings is 4. The van der Waals surface area contributed by atoms with Gasteiger partial charge < -0.3 is 4.57 Å². The summed E-state index contributed by atoms with van der Waals surface area (Å²) in [6.07, 6.45) is 16.4. The molecule has 8 aromatic rings. The van der Waals surface area contributed by atoms with Gasteiger partial charge in [0.05, 0.1) is 22.0 Å². The highest BCUT2D eigenvalue weighted by Gasteiger charge is 2.49. The quantitative estimate of drug-likeness (QED) is 0.187. The van der Waals surface area contributed by atoms with E-state index in [9.17, 15) is 0 Å². The molecule has 4 aromatic heterocycles. The standard InChI is InChI=1S/C48H36N4/c1-31-20-26-40-39(30-31)36-25-27-42-44(45(36)48(40,32-12-4-2-5-13-32)33-14-6-3-7-15-33)37-16-8-9-18-41(37)51(42)34-21-23-35(24-22-34)52-43-19-11-28-49-46(43)38-17-10-29-50-47(38)52/h2-7,9-15,17-29,31H,8,16,30H2,1H3. The Bertz CT molecular complexity index is 2720. The Morgan fingerprint density at radius 3 is 2.15 bits per heavy atom. The first kappa shape index (κ1) is 29.5. The highest BCUT2D eigenvalue weighted by molar-refractivity contribution is 6.06. The van der Waals surface area contributed by atoms with Gasteiger partial charge >= 0.3 is 0 Å². The van der Waals surface area contributed by atoms with Gasteiger partial charge in [0, 0.05) is 40.2 Å². The molecule has 0 saturated carbocycles. The first-order valence-electron chi connectivity index (χ1n) is 18.4. The molecule has 0 saturated heterocycles. The molecule has 3 aliphatic rings. The van der Waals surface area contributed by atoms with Crippen molar-refractivity contribution >= 4 is 44.6 Å². The number of hydrogen-bond acceptors (Lipinski definition) is 2. The number of rotatable bonds is 4. The SMILES string of the molecule is CC1C=CC2=C(C1)c1ccc3c(c4c(n3-c3ccc(-n5c6cccnc6c6cccnc65)cc3)C=CCC4)c1C2(c1ccccc1)c1ccccc1. The van der Waals surface area contributed by atoms with Gasteiger partial charge in [-0.2, -0.15) is 0 Å². The maximum Gasteiger partial charge on any atom is 0.147 e. The average Bonchev–Trinajstić information content (AvgIpc) is 3.83. The van der Waals surface area contributed by atoms with E-state index < -0.39 is 5.41 Å². The highest BCUT2D eigenvalue weighted by Crippen LogP contribution is 2.60. The number of nitrogens with zero attached hydrogens (tertiary/aromatic N) is 4. The van der Waals surface area contributed by atoms with Crippen molar-refractivity contribution in [3.8, 4) is 11.4 Å². The minimum Gasteiger partial charge on any atom is -0.310 e. The third kappa shape index (κ3) is 3.92. The molecule has 0 aliphatic heterocycles. The lowest BCUT2D eigenvalue weighted by molar-refractivity contribution is 0.719. The molecule has 0 bridgehead atoms. The lowest BCUT2D eigenvalue weighted by Gasteiger charge is -2.36. The van der Waals surface area contributed by atoms with Gasteiger partial charge in [0.1, 0.15) is 5.65 Å². The molecule has 0 radical (unpaired) electrons. The molecule has 11 rings (SSSR count). The van der Waals surface area contributed by atoms with Crippen molar-refractivity contribution in [2.24, 2.45) is 5.92 Å². The Morgan fingerprint density at radius 2 is 1.38 bits per heavy atom. The van der Waals surface area contributed by atoms with Crippen LogP contribution in [0.2, 0.25) is 0 Å². The second-order valence-corrected chi connectivity index (χ2v) is 14.5. The summed E-state index contributed by atoms with van der Waals surface area (Å²) in [6, 6.07) is 44.6. The summed E-state index contributed by atoms with van der Waals surface area (Å²) in [5.74, 6) is 0.491. The van der Waals surface area contributed by atoms with Crippen LogP contribution in [0.15, 0.2) is 158 Å². The molecule has 0 N–H and O–H groups in total. The first-order valence-corrected chi connectivity index (χ1v) is 18.4. The monoisotopic (exact) mass is 668 g/mol. The predicted molar refractivity (Wildman–Crippen MR) is 213 cm³/mol. The Hall–Kier alpha value is -6.26. The van der Waals surface area contributed by atoms with E-state index in [0.29, 0.717) is 5.92 Å². The van der Waals surface area contributed by atoms with Crippen molar-refractivity contribution < 1.29 is 0 Å². The van der Waals surface area contributed by atoms with Gasteiger partial charge in [-0.15, -0.1) is 0 Å². The Kier molecular flexibility index (Phi) is 6.30. The van der Waals surface area contributed by atoms with E-state index in [1.54, 1.807) is 0 Å². The van der Waals surface area contributed by atoms with Crippen LogP contribution in [-0.2, 0) is 11.8 Å². The maximum absolute atomic E-state index is 4.80. The van der Waals surface area contributed by atoms with E-state index in [0.717, 1.165) is 52.7 Å². The van der Waals surface area contributed by atoms with Crippen LogP contribution in [0.1, 0.15) is 53.3 Å². The van der Waals surface area contributed by atoms with Gasteiger partial charge in [-0.25, -0.2) is 4.98 Å². The normalized spacial score (nSPS) is 17.2. The zero-order chi connectivity index (χ0) is 34.4. The molecule has 4 heteroatoms.